The number of ether oxygens (including phenoxy) is 1. The van der Waals surface area contributed by atoms with Crippen molar-refractivity contribution >= 4 is 47.7 Å². The number of unbranched alkanes of at least 4 members (excludes halogenated alkanes) is 1. The van der Waals surface area contributed by atoms with Crippen LogP contribution < -0.4 is 11.1 Å². The molecule has 8 nitrogen and oxygen atoms in total. The Kier molecular flexibility index (Phi) is 12.1. The zero-order valence-electron chi connectivity index (χ0n) is 19.7. The van der Waals surface area contributed by atoms with E-state index in [9.17, 15) is 9.59 Å². The van der Waals surface area contributed by atoms with Crippen molar-refractivity contribution in [1.82, 2.24) is 19.8 Å². The lowest BCUT2D eigenvalue weighted by atomic mass is 9.93. The van der Waals surface area contributed by atoms with Gasteiger partial charge in [0.05, 0.1) is 17.0 Å². The normalized spacial score (nSPS) is 17.9. The molecule has 2 aromatic rings. The summed E-state index contributed by atoms with van der Waals surface area (Å²) in [4.78, 5) is 32.2. The molecule has 0 saturated carbocycles. The molecule has 0 aliphatic carbocycles. The zero-order valence-corrected chi connectivity index (χ0v) is 21.3. The van der Waals surface area contributed by atoms with Crippen molar-refractivity contribution in [1.29, 1.82) is 0 Å². The van der Waals surface area contributed by atoms with Crippen molar-refractivity contribution in [2.75, 3.05) is 33.4 Å². The van der Waals surface area contributed by atoms with E-state index in [1.54, 1.807) is 7.11 Å². The van der Waals surface area contributed by atoms with Crippen LogP contribution in [0.3, 0.4) is 0 Å². The molecule has 0 radical (unpaired) electrons. The first-order valence-corrected chi connectivity index (χ1v) is 11.2. The maximum absolute atomic E-state index is 13.8. The Hall–Kier alpha value is -1.87. The summed E-state index contributed by atoms with van der Waals surface area (Å²) in [6, 6.07) is 7.76. The number of primary amides is 1. The topological polar surface area (TPSA) is 102 Å². The van der Waals surface area contributed by atoms with E-state index in [4.69, 9.17) is 15.5 Å². The Balaban J connectivity index is 0.00000272. The number of hydrogen-bond donors (Lipinski definition) is 2. The molecule has 2 atom stereocenters. The van der Waals surface area contributed by atoms with Gasteiger partial charge in [0, 0.05) is 45.9 Å². The summed E-state index contributed by atoms with van der Waals surface area (Å²) in [6.45, 7) is 7.39. The predicted molar refractivity (Wildman–Crippen MR) is 135 cm³/mol. The van der Waals surface area contributed by atoms with Gasteiger partial charge in [-0.05, 0) is 37.3 Å². The van der Waals surface area contributed by atoms with Crippen molar-refractivity contribution in [2.24, 2.45) is 17.6 Å². The molecule has 1 fully saturated rings. The Bertz CT molecular complexity index is 905. The van der Waals surface area contributed by atoms with Crippen molar-refractivity contribution in [2.45, 2.75) is 45.7 Å². The van der Waals surface area contributed by atoms with Crippen LogP contribution in [0.2, 0.25) is 0 Å². The second-order valence-corrected chi connectivity index (χ2v) is 8.77. The summed E-state index contributed by atoms with van der Waals surface area (Å²) >= 11 is 0. The van der Waals surface area contributed by atoms with Gasteiger partial charge in [0.1, 0.15) is 0 Å². The van der Waals surface area contributed by atoms with Gasteiger partial charge < -0.3 is 25.3 Å². The summed E-state index contributed by atoms with van der Waals surface area (Å²) in [5.74, 6) is 0.0695. The van der Waals surface area contributed by atoms with E-state index >= 15 is 0 Å². The monoisotopic (exact) mass is 501 g/mol. The number of halogens is 2. The van der Waals surface area contributed by atoms with Crippen molar-refractivity contribution < 1.29 is 14.3 Å². The maximum Gasteiger partial charge on any atom is 0.290 e. The Labute approximate surface area is 208 Å². The second-order valence-electron chi connectivity index (χ2n) is 8.77. The molecule has 2 amide bonds. The van der Waals surface area contributed by atoms with Crippen LogP contribution in [0.5, 0.6) is 0 Å². The molecule has 3 rings (SSSR count). The van der Waals surface area contributed by atoms with E-state index in [0.717, 1.165) is 23.9 Å². The number of nitrogens with zero attached hydrogens (tertiary/aromatic N) is 3. The molecule has 10 heteroatoms. The number of rotatable bonds is 10. The van der Waals surface area contributed by atoms with Crippen LogP contribution in [-0.4, -0.2) is 65.7 Å². The van der Waals surface area contributed by atoms with Gasteiger partial charge in [-0.15, -0.1) is 24.8 Å². The number of carbonyl (C=O) groups is 2. The summed E-state index contributed by atoms with van der Waals surface area (Å²) in [5.41, 5.74) is 7.34. The molecule has 0 bridgehead atoms. The van der Waals surface area contributed by atoms with Crippen LogP contribution in [0, 0.1) is 11.8 Å². The Morgan fingerprint density at radius 1 is 1.24 bits per heavy atom. The van der Waals surface area contributed by atoms with Gasteiger partial charge in [-0.1, -0.05) is 26.0 Å². The number of para-hydroxylation sites is 2. The number of benzene rings is 1. The molecule has 2 heterocycles. The molecule has 1 aromatic heterocycles. The first-order valence-electron chi connectivity index (χ1n) is 11.2. The smallest absolute Gasteiger partial charge is 0.290 e. The Morgan fingerprint density at radius 2 is 1.97 bits per heavy atom. The number of amides is 2. The van der Waals surface area contributed by atoms with E-state index < -0.39 is 0 Å². The van der Waals surface area contributed by atoms with Gasteiger partial charge in [0.25, 0.3) is 5.91 Å². The first kappa shape index (κ1) is 29.2. The third-order valence-electron chi connectivity index (χ3n) is 5.82. The molecule has 1 aliphatic rings. The fourth-order valence-corrected chi connectivity index (χ4v) is 4.27. The van der Waals surface area contributed by atoms with E-state index in [2.05, 4.69) is 19.2 Å². The van der Waals surface area contributed by atoms with E-state index in [-0.39, 0.29) is 54.5 Å². The SMILES string of the molecule is COCCCCn1c(C(=O)N(CC(C)C)[C@@H]2CNC[C@H](C(N)=O)C2)nc2ccccc21.Cl.Cl. The molecular formula is C23H37Cl2N5O3. The summed E-state index contributed by atoms with van der Waals surface area (Å²) in [7, 11) is 1.70. The van der Waals surface area contributed by atoms with Gasteiger partial charge in [-0.2, -0.15) is 0 Å². The van der Waals surface area contributed by atoms with Gasteiger partial charge >= 0.3 is 0 Å². The van der Waals surface area contributed by atoms with Crippen molar-refractivity contribution in [3.8, 4) is 0 Å². The quantitative estimate of drug-likeness (QED) is 0.487. The van der Waals surface area contributed by atoms with Crippen LogP contribution in [0.4, 0.5) is 0 Å². The number of hydrogen-bond acceptors (Lipinski definition) is 5. The van der Waals surface area contributed by atoms with Crippen LogP contribution in [0.1, 0.15) is 43.7 Å². The highest BCUT2D eigenvalue weighted by molar-refractivity contribution is 5.95. The average Bonchev–Trinajstić information content (AvgIpc) is 3.13. The van der Waals surface area contributed by atoms with Gasteiger partial charge in [-0.3, -0.25) is 9.59 Å². The third kappa shape index (κ3) is 7.30. The number of nitrogens with one attached hydrogen (secondary N) is 1. The molecule has 1 aromatic carbocycles. The lowest BCUT2D eigenvalue weighted by Crippen LogP contribution is -2.54. The molecule has 3 N–H and O–H groups in total. The molecule has 1 aliphatic heterocycles. The maximum atomic E-state index is 13.8. The minimum atomic E-state index is -0.320. The average molecular weight is 502 g/mol. The fraction of sp³-hybridized carbons (Fsp3) is 0.609. The van der Waals surface area contributed by atoms with Crippen molar-refractivity contribution in [3.63, 3.8) is 0 Å². The van der Waals surface area contributed by atoms with E-state index in [0.29, 0.717) is 45.0 Å². The summed E-state index contributed by atoms with van der Waals surface area (Å²) in [5, 5.41) is 3.28. The number of imidazole rings is 1. The molecule has 0 spiro atoms. The minimum absolute atomic E-state index is 0. The molecular weight excluding hydrogens is 465 g/mol. The van der Waals surface area contributed by atoms with Crippen LogP contribution >= 0.6 is 24.8 Å². The number of aryl methyl sites for hydroxylation is 1. The van der Waals surface area contributed by atoms with Gasteiger partial charge in [0.2, 0.25) is 5.91 Å². The Morgan fingerprint density at radius 3 is 2.64 bits per heavy atom. The third-order valence-corrected chi connectivity index (χ3v) is 5.82. The largest absolute Gasteiger partial charge is 0.385 e. The number of aromatic nitrogens is 2. The standard InChI is InChI=1S/C23H35N5O3.2ClH/c1-16(2)15-28(18-12-17(21(24)29)13-25-14-18)23(30)22-26-19-8-4-5-9-20(19)27(22)10-6-7-11-31-3;;/h4-5,8-9,16-18,25H,6-7,10-15H2,1-3H3,(H2,24,29);2*1H/t17-,18+;;/m1../s1. The number of piperidine rings is 1. The minimum Gasteiger partial charge on any atom is -0.385 e. The lowest BCUT2D eigenvalue weighted by Gasteiger charge is -2.38. The molecule has 0 unspecified atom stereocenters. The number of fused-ring (bicyclic) bond motifs is 1. The highest BCUT2D eigenvalue weighted by Crippen LogP contribution is 2.23. The van der Waals surface area contributed by atoms with E-state index in [1.165, 1.54) is 0 Å². The summed E-state index contributed by atoms with van der Waals surface area (Å²) < 4.78 is 7.20. The predicted octanol–water partition coefficient (Wildman–Crippen LogP) is 2.87. The van der Waals surface area contributed by atoms with Gasteiger partial charge in [0.15, 0.2) is 5.82 Å². The van der Waals surface area contributed by atoms with Crippen LogP contribution in [-0.2, 0) is 16.1 Å². The lowest BCUT2D eigenvalue weighted by molar-refractivity contribution is -0.122. The summed E-state index contributed by atoms with van der Waals surface area (Å²) in [6.07, 6.45) is 2.39. The van der Waals surface area contributed by atoms with Crippen LogP contribution in [0.15, 0.2) is 24.3 Å². The van der Waals surface area contributed by atoms with Gasteiger partial charge in [-0.25, -0.2) is 4.98 Å². The van der Waals surface area contributed by atoms with Crippen LogP contribution in [0.25, 0.3) is 11.0 Å². The number of carbonyl (C=O) groups excluding carboxylic acids is 2. The van der Waals surface area contributed by atoms with E-state index in [1.807, 2.05) is 33.7 Å². The second kappa shape index (κ2) is 13.7. The highest BCUT2D eigenvalue weighted by atomic mass is 35.5. The first-order chi connectivity index (χ1) is 14.9. The van der Waals surface area contributed by atoms with Crippen molar-refractivity contribution in [3.05, 3.63) is 30.1 Å². The number of nitrogens with two attached hydrogens (primary N) is 1. The fourth-order valence-electron chi connectivity index (χ4n) is 4.27. The molecule has 1 saturated heterocycles. The molecule has 33 heavy (non-hydrogen) atoms. The molecule has 186 valence electrons. The number of methoxy groups -OCH3 is 1. The highest BCUT2D eigenvalue weighted by Gasteiger charge is 2.34. The zero-order chi connectivity index (χ0) is 22.4.